The summed E-state index contributed by atoms with van der Waals surface area (Å²) in [4.78, 5) is 0. The van der Waals surface area contributed by atoms with Crippen molar-refractivity contribution in [3.63, 3.8) is 0 Å². The van der Waals surface area contributed by atoms with Gasteiger partial charge in [0, 0.05) is 0 Å². The normalized spacial score (nSPS) is 10.5. The molecule has 0 fully saturated rings. The molecule has 1 nitrogen and oxygen atoms in total. The molecule has 0 aromatic heterocycles. The van der Waals surface area contributed by atoms with Crippen molar-refractivity contribution in [3.8, 4) is 5.75 Å². The van der Waals surface area contributed by atoms with E-state index in [1.807, 2.05) is 0 Å². The first-order chi connectivity index (χ1) is 9.81. The van der Waals surface area contributed by atoms with Gasteiger partial charge in [-0.3, -0.25) is 0 Å². The predicted octanol–water partition coefficient (Wildman–Crippen LogP) is 5.17. The number of aryl methyl sites for hydroxylation is 2. The van der Waals surface area contributed by atoms with Crippen molar-refractivity contribution in [2.75, 3.05) is 0 Å². The second-order valence-electron chi connectivity index (χ2n) is 5.25. The lowest BCUT2D eigenvalue weighted by Gasteiger charge is -2.08. The van der Waals surface area contributed by atoms with E-state index in [4.69, 9.17) is 4.74 Å². The van der Waals surface area contributed by atoms with Crippen molar-refractivity contribution in [2.24, 2.45) is 0 Å². The fraction of sp³-hybridized carbons (Fsp3) is 0.368. The van der Waals surface area contributed by atoms with E-state index in [0.717, 1.165) is 18.6 Å². The molecule has 0 saturated heterocycles. The molecule has 2 aromatic rings. The Kier molecular flexibility index (Phi) is 5.67. The maximum Gasteiger partial charge on any atom is 0.119 e. The number of hydrogen-bond acceptors (Lipinski definition) is 1. The van der Waals surface area contributed by atoms with Gasteiger partial charge in [0.25, 0.3) is 0 Å². The molecule has 0 radical (unpaired) electrons. The fourth-order valence-corrected chi connectivity index (χ4v) is 2.30. The van der Waals surface area contributed by atoms with Crippen LogP contribution < -0.4 is 4.74 Å². The molecule has 0 N–H and O–H groups in total. The van der Waals surface area contributed by atoms with Crippen molar-refractivity contribution in [1.29, 1.82) is 0 Å². The van der Waals surface area contributed by atoms with Gasteiger partial charge < -0.3 is 4.74 Å². The molecule has 0 aliphatic carbocycles. The Bertz CT molecular complexity index is 447. The molecule has 0 aliphatic heterocycles. The summed E-state index contributed by atoms with van der Waals surface area (Å²) in [5.41, 5.74) is 4.01. The lowest BCUT2D eigenvalue weighted by molar-refractivity contribution is 0.306. The average Bonchev–Trinajstić information content (AvgIpc) is 2.49. The molecule has 0 atom stereocenters. The maximum absolute atomic E-state index is 5.83. The quantitative estimate of drug-likeness (QED) is 0.673. The van der Waals surface area contributed by atoms with Crippen molar-refractivity contribution in [2.45, 2.75) is 46.1 Å². The average molecular weight is 268 g/mol. The maximum atomic E-state index is 5.83. The highest BCUT2D eigenvalue weighted by Gasteiger charge is 1.98. The zero-order valence-electron chi connectivity index (χ0n) is 12.6. The minimum Gasteiger partial charge on any atom is -0.489 e. The first kappa shape index (κ1) is 14.6. The fourth-order valence-electron chi connectivity index (χ4n) is 2.30. The van der Waals surface area contributed by atoms with Crippen molar-refractivity contribution < 1.29 is 4.74 Å². The second kappa shape index (κ2) is 7.74. The third-order valence-electron chi connectivity index (χ3n) is 3.43. The molecule has 0 unspecified atom stereocenters. The number of benzene rings is 2. The van der Waals surface area contributed by atoms with Gasteiger partial charge in [-0.05, 0) is 41.7 Å². The van der Waals surface area contributed by atoms with Crippen LogP contribution in [0.25, 0.3) is 0 Å². The molecule has 0 heterocycles. The third-order valence-corrected chi connectivity index (χ3v) is 3.43. The second-order valence-corrected chi connectivity index (χ2v) is 5.25. The summed E-state index contributed by atoms with van der Waals surface area (Å²) < 4.78 is 5.83. The van der Waals surface area contributed by atoms with Crippen LogP contribution in [0.3, 0.4) is 0 Å². The summed E-state index contributed by atoms with van der Waals surface area (Å²) in [5, 5.41) is 0. The van der Waals surface area contributed by atoms with Gasteiger partial charge in [-0.25, -0.2) is 0 Å². The molecule has 0 aliphatic rings. The van der Waals surface area contributed by atoms with E-state index in [2.05, 4.69) is 62.4 Å². The summed E-state index contributed by atoms with van der Waals surface area (Å²) in [6, 6.07) is 17.2. The number of ether oxygens (including phenoxy) is 1. The van der Waals surface area contributed by atoms with Crippen LogP contribution in [0.2, 0.25) is 0 Å². The summed E-state index contributed by atoms with van der Waals surface area (Å²) in [5.74, 6) is 0.947. The van der Waals surface area contributed by atoms with Gasteiger partial charge in [-0.15, -0.1) is 0 Å². The zero-order valence-corrected chi connectivity index (χ0v) is 12.6. The van der Waals surface area contributed by atoms with Gasteiger partial charge in [0.15, 0.2) is 0 Å². The van der Waals surface area contributed by atoms with Gasteiger partial charge in [-0.1, -0.05) is 63.1 Å². The summed E-state index contributed by atoms with van der Waals surface area (Å²) in [7, 11) is 0. The Hall–Kier alpha value is -1.76. The van der Waals surface area contributed by atoms with Gasteiger partial charge in [0.1, 0.15) is 12.4 Å². The highest BCUT2D eigenvalue weighted by molar-refractivity contribution is 5.28. The highest BCUT2D eigenvalue weighted by Crippen LogP contribution is 2.15. The predicted molar refractivity (Wildman–Crippen MR) is 85.2 cm³/mol. The Morgan fingerprint density at radius 2 is 1.10 bits per heavy atom. The van der Waals surface area contributed by atoms with Gasteiger partial charge >= 0.3 is 0 Å². The van der Waals surface area contributed by atoms with Crippen molar-refractivity contribution in [1.82, 2.24) is 0 Å². The Morgan fingerprint density at radius 1 is 0.650 bits per heavy atom. The summed E-state index contributed by atoms with van der Waals surface area (Å²) >= 11 is 0. The Morgan fingerprint density at radius 3 is 1.60 bits per heavy atom. The number of rotatable bonds is 7. The van der Waals surface area contributed by atoms with Crippen LogP contribution in [0, 0.1) is 0 Å². The van der Waals surface area contributed by atoms with Gasteiger partial charge in [-0.2, -0.15) is 0 Å². The SMILES string of the molecule is CCCc1ccc(COc2ccc(CCC)cc2)cc1. The molecule has 0 amide bonds. The summed E-state index contributed by atoms with van der Waals surface area (Å²) in [6.45, 7) is 5.05. The lowest BCUT2D eigenvalue weighted by Crippen LogP contribution is -1.96. The topological polar surface area (TPSA) is 9.23 Å². The van der Waals surface area contributed by atoms with E-state index in [9.17, 15) is 0 Å². The molecule has 106 valence electrons. The van der Waals surface area contributed by atoms with Crippen LogP contribution in [0.15, 0.2) is 48.5 Å². The Labute approximate surface area is 122 Å². The van der Waals surface area contributed by atoms with E-state index in [1.54, 1.807) is 0 Å². The van der Waals surface area contributed by atoms with Gasteiger partial charge in [0.2, 0.25) is 0 Å². The van der Waals surface area contributed by atoms with Crippen LogP contribution in [-0.2, 0) is 19.4 Å². The van der Waals surface area contributed by atoms with Crippen LogP contribution in [0.5, 0.6) is 5.75 Å². The molecule has 0 spiro atoms. The van der Waals surface area contributed by atoms with Crippen molar-refractivity contribution in [3.05, 3.63) is 65.2 Å². The van der Waals surface area contributed by atoms with Crippen molar-refractivity contribution >= 4 is 0 Å². The highest BCUT2D eigenvalue weighted by atomic mass is 16.5. The minimum atomic E-state index is 0.638. The minimum absolute atomic E-state index is 0.638. The molecular weight excluding hydrogens is 244 g/mol. The van der Waals surface area contributed by atoms with Crippen LogP contribution in [0.1, 0.15) is 43.4 Å². The van der Waals surface area contributed by atoms with Gasteiger partial charge in [0.05, 0.1) is 0 Å². The summed E-state index contributed by atoms with van der Waals surface area (Å²) in [6.07, 6.45) is 4.67. The smallest absolute Gasteiger partial charge is 0.119 e. The molecule has 2 aromatic carbocycles. The third kappa shape index (κ3) is 4.41. The van der Waals surface area contributed by atoms with E-state index < -0.39 is 0 Å². The molecule has 0 bridgehead atoms. The Balaban J connectivity index is 1.87. The van der Waals surface area contributed by atoms with Crippen LogP contribution in [-0.4, -0.2) is 0 Å². The molecule has 0 saturated carbocycles. The molecule has 2 rings (SSSR count). The zero-order chi connectivity index (χ0) is 14.2. The number of hydrogen-bond donors (Lipinski definition) is 0. The first-order valence-corrected chi connectivity index (χ1v) is 7.61. The lowest BCUT2D eigenvalue weighted by atomic mass is 10.1. The molecule has 20 heavy (non-hydrogen) atoms. The van der Waals surface area contributed by atoms with Crippen LogP contribution >= 0.6 is 0 Å². The monoisotopic (exact) mass is 268 g/mol. The first-order valence-electron chi connectivity index (χ1n) is 7.61. The largest absolute Gasteiger partial charge is 0.489 e. The van der Waals surface area contributed by atoms with Crippen LogP contribution in [0.4, 0.5) is 0 Å². The van der Waals surface area contributed by atoms with E-state index in [1.165, 1.54) is 29.5 Å². The standard InChI is InChI=1S/C19H24O/c1-3-5-16-7-9-18(10-8-16)15-20-19-13-11-17(6-4-2)12-14-19/h7-14H,3-6,15H2,1-2H3. The van der Waals surface area contributed by atoms with E-state index in [-0.39, 0.29) is 0 Å². The van der Waals surface area contributed by atoms with E-state index >= 15 is 0 Å². The molecule has 1 heteroatoms. The van der Waals surface area contributed by atoms with E-state index in [0.29, 0.717) is 6.61 Å². The molecular formula is C19H24O.